The summed E-state index contributed by atoms with van der Waals surface area (Å²) >= 11 is 0. The van der Waals surface area contributed by atoms with Gasteiger partial charge >= 0.3 is 7.12 Å². The van der Waals surface area contributed by atoms with E-state index >= 15 is 0 Å². The second kappa shape index (κ2) is 13.7. The normalized spacial score (nSPS) is 12.3. The zero-order valence-electron chi connectivity index (χ0n) is 19.5. The predicted octanol–water partition coefficient (Wildman–Crippen LogP) is -0.476. The zero-order valence-corrected chi connectivity index (χ0v) is 19.5. The zero-order chi connectivity index (χ0) is 25.8. The molecule has 3 amide bonds. The van der Waals surface area contributed by atoms with Crippen molar-refractivity contribution in [2.45, 2.75) is 44.2 Å². The van der Waals surface area contributed by atoms with Crippen LogP contribution in [0.5, 0.6) is 0 Å². The van der Waals surface area contributed by atoms with Crippen molar-refractivity contribution in [1.82, 2.24) is 36.1 Å². The third kappa shape index (κ3) is 8.60. The van der Waals surface area contributed by atoms with Crippen molar-refractivity contribution in [3.63, 3.8) is 0 Å². The molecule has 13 heteroatoms. The number of benzene rings is 1. The van der Waals surface area contributed by atoms with E-state index in [1.54, 1.807) is 12.4 Å². The number of nitrogens with one attached hydrogen (secondary N) is 4. The minimum Gasteiger partial charge on any atom is -0.426 e. The number of hydrogen-bond donors (Lipinski definition) is 6. The van der Waals surface area contributed by atoms with Crippen molar-refractivity contribution in [2.24, 2.45) is 0 Å². The van der Waals surface area contributed by atoms with E-state index in [0.717, 1.165) is 11.1 Å². The summed E-state index contributed by atoms with van der Waals surface area (Å²) in [6.07, 6.45) is 8.26. The number of aromatic amines is 1. The van der Waals surface area contributed by atoms with E-state index in [1.807, 2.05) is 30.3 Å². The summed E-state index contributed by atoms with van der Waals surface area (Å²) in [5.74, 6) is -2.92. The topological polar surface area (TPSA) is 182 Å². The molecule has 0 radical (unpaired) electrons. The van der Waals surface area contributed by atoms with Gasteiger partial charge in [0.05, 0.1) is 24.8 Å². The number of nitrogens with zero attached hydrogens (tertiary/aromatic N) is 3. The highest BCUT2D eigenvalue weighted by Crippen LogP contribution is 2.08. The van der Waals surface area contributed by atoms with Gasteiger partial charge in [-0.2, -0.15) is 5.10 Å². The first kappa shape index (κ1) is 26.5. The Hall–Kier alpha value is -4.10. The average Bonchev–Trinajstić information content (AvgIpc) is 3.41. The summed E-state index contributed by atoms with van der Waals surface area (Å²) in [7, 11) is -1.82. The van der Waals surface area contributed by atoms with Crippen LogP contribution in [-0.2, 0) is 22.6 Å². The smallest absolute Gasteiger partial charge is 0.426 e. The van der Waals surface area contributed by atoms with Crippen molar-refractivity contribution < 1.29 is 24.4 Å². The first-order chi connectivity index (χ1) is 17.4. The molecular weight excluding hydrogens is 465 g/mol. The van der Waals surface area contributed by atoms with Gasteiger partial charge in [0.15, 0.2) is 0 Å². The summed E-state index contributed by atoms with van der Waals surface area (Å²) in [6, 6.07) is 8.37. The second-order valence-electron chi connectivity index (χ2n) is 8.11. The van der Waals surface area contributed by atoms with Crippen molar-refractivity contribution in [2.75, 3.05) is 0 Å². The Labute approximate surface area is 208 Å². The van der Waals surface area contributed by atoms with Crippen LogP contribution in [0.15, 0.2) is 61.3 Å². The summed E-state index contributed by atoms with van der Waals surface area (Å²) in [6.45, 7) is 0.180. The summed E-state index contributed by atoms with van der Waals surface area (Å²) < 4.78 is 0. The minimum atomic E-state index is -1.82. The maximum atomic E-state index is 13.0. The number of rotatable bonds is 13. The van der Waals surface area contributed by atoms with Crippen LogP contribution in [-0.4, -0.2) is 67.0 Å². The van der Waals surface area contributed by atoms with Crippen LogP contribution in [0.4, 0.5) is 0 Å². The predicted molar refractivity (Wildman–Crippen MR) is 130 cm³/mol. The minimum absolute atomic E-state index is 0.0318. The molecule has 2 atom stereocenters. The van der Waals surface area contributed by atoms with E-state index in [-0.39, 0.29) is 25.1 Å². The fourth-order valence-electron chi connectivity index (χ4n) is 3.44. The van der Waals surface area contributed by atoms with Gasteiger partial charge in [-0.15, -0.1) is 0 Å². The number of hydrogen-bond acceptors (Lipinski definition) is 8. The summed E-state index contributed by atoms with van der Waals surface area (Å²) in [4.78, 5) is 45.9. The molecule has 2 heterocycles. The Morgan fingerprint density at radius 1 is 1.03 bits per heavy atom. The molecule has 2 unspecified atom stereocenters. The lowest BCUT2D eigenvalue weighted by atomic mass is 9.76. The van der Waals surface area contributed by atoms with Crippen LogP contribution >= 0.6 is 0 Å². The van der Waals surface area contributed by atoms with Crippen molar-refractivity contribution >= 4 is 24.8 Å². The maximum Gasteiger partial charge on any atom is 0.475 e. The Morgan fingerprint density at radius 2 is 1.83 bits per heavy atom. The largest absolute Gasteiger partial charge is 0.475 e. The lowest BCUT2D eigenvalue weighted by molar-refractivity contribution is -0.128. The van der Waals surface area contributed by atoms with Crippen molar-refractivity contribution in [3.05, 3.63) is 78.1 Å². The molecule has 36 heavy (non-hydrogen) atoms. The van der Waals surface area contributed by atoms with Crippen molar-refractivity contribution in [3.8, 4) is 0 Å². The van der Waals surface area contributed by atoms with Gasteiger partial charge in [-0.3, -0.25) is 24.5 Å². The Balaban J connectivity index is 1.63. The van der Waals surface area contributed by atoms with E-state index in [4.69, 9.17) is 0 Å². The highest BCUT2D eigenvalue weighted by Gasteiger charge is 2.30. The van der Waals surface area contributed by atoms with Gasteiger partial charge < -0.3 is 26.0 Å². The Morgan fingerprint density at radius 3 is 2.50 bits per heavy atom. The van der Waals surface area contributed by atoms with Crippen LogP contribution in [0.2, 0.25) is 0 Å². The molecule has 12 nitrogen and oxygen atoms in total. The first-order valence-corrected chi connectivity index (χ1v) is 11.4. The van der Waals surface area contributed by atoms with Crippen LogP contribution < -0.4 is 16.0 Å². The van der Waals surface area contributed by atoms with E-state index in [9.17, 15) is 24.4 Å². The molecule has 0 aliphatic heterocycles. The Kier molecular flexibility index (Phi) is 10.1. The van der Waals surface area contributed by atoms with E-state index in [1.165, 1.54) is 18.6 Å². The number of aromatic nitrogens is 4. The number of aryl methyl sites for hydroxylation is 1. The molecule has 0 fully saturated rings. The molecule has 0 spiro atoms. The fraction of sp³-hybridized carbons (Fsp3) is 0.304. The average molecular weight is 493 g/mol. The number of carbonyl (C=O) groups is 3. The Bertz CT molecular complexity index is 1100. The third-order valence-electron chi connectivity index (χ3n) is 5.36. The maximum absolute atomic E-state index is 13.0. The molecule has 2 aromatic heterocycles. The van der Waals surface area contributed by atoms with Gasteiger partial charge in [0.1, 0.15) is 11.7 Å². The van der Waals surface area contributed by atoms with Gasteiger partial charge in [-0.1, -0.05) is 30.3 Å². The molecule has 0 aliphatic rings. The first-order valence-electron chi connectivity index (χ1n) is 11.4. The molecule has 0 bridgehead atoms. The van der Waals surface area contributed by atoms with Gasteiger partial charge in [-0.25, -0.2) is 4.98 Å². The third-order valence-corrected chi connectivity index (χ3v) is 5.36. The van der Waals surface area contributed by atoms with Crippen LogP contribution in [0.3, 0.4) is 0 Å². The second-order valence-corrected chi connectivity index (χ2v) is 8.11. The monoisotopic (exact) mass is 493 g/mol. The molecule has 3 aromatic rings. The van der Waals surface area contributed by atoms with Gasteiger partial charge in [0.2, 0.25) is 11.8 Å². The lowest BCUT2D eigenvalue weighted by Crippen LogP contribution is -2.55. The molecule has 0 saturated heterocycles. The summed E-state index contributed by atoms with van der Waals surface area (Å²) in [5, 5.41) is 33.8. The van der Waals surface area contributed by atoms with Crippen LogP contribution in [0.25, 0.3) is 0 Å². The molecule has 0 saturated carbocycles. The number of carbonyl (C=O) groups excluding carboxylic acids is 3. The molecule has 6 N–H and O–H groups in total. The quantitative estimate of drug-likeness (QED) is 0.173. The summed E-state index contributed by atoms with van der Waals surface area (Å²) in [5.41, 5.74) is 1.78. The standard InChI is InChI=1S/C23H28BN7O5/c32-21(27-12-17-13-28-29-14-17)11-18(30-23(34)19-15-25-9-10-26-19)22(33)31-20(24(35)36)8-4-7-16-5-2-1-3-6-16/h1-3,5-6,9-10,13-15,18,20,35-36H,4,7-8,11-12H2,(H,27,32)(H,28,29)(H,30,34)(H,31,33). The highest BCUT2D eigenvalue weighted by molar-refractivity contribution is 6.43. The number of H-pyrrole nitrogens is 1. The molecule has 3 rings (SSSR count). The van der Waals surface area contributed by atoms with E-state index < -0.39 is 36.8 Å². The highest BCUT2D eigenvalue weighted by atomic mass is 16.4. The molecule has 188 valence electrons. The lowest BCUT2D eigenvalue weighted by Gasteiger charge is -2.23. The molecule has 0 aliphatic carbocycles. The van der Waals surface area contributed by atoms with Crippen molar-refractivity contribution in [1.29, 1.82) is 0 Å². The van der Waals surface area contributed by atoms with Gasteiger partial charge in [0.25, 0.3) is 5.91 Å². The van der Waals surface area contributed by atoms with Crippen LogP contribution in [0, 0.1) is 0 Å². The fourth-order valence-corrected chi connectivity index (χ4v) is 3.44. The molecular formula is C23H28BN7O5. The van der Waals surface area contributed by atoms with Gasteiger partial charge in [-0.05, 0) is 24.8 Å². The van der Waals surface area contributed by atoms with Gasteiger partial charge in [0, 0.05) is 30.7 Å². The molecule has 1 aromatic carbocycles. The van der Waals surface area contributed by atoms with Crippen LogP contribution in [0.1, 0.15) is 40.9 Å². The number of amides is 3. The SMILES string of the molecule is O=C(CC(NC(=O)c1cnccn1)C(=O)NC(CCCc1ccccc1)B(O)O)NCc1cn[nH]c1. The van der Waals surface area contributed by atoms with E-state index in [0.29, 0.717) is 12.8 Å². The van der Waals surface area contributed by atoms with E-state index in [2.05, 4.69) is 36.1 Å².